The summed E-state index contributed by atoms with van der Waals surface area (Å²) in [5, 5.41) is 13.2. The molecule has 0 saturated heterocycles. The van der Waals surface area contributed by atoms with Gasteiger partial charge < -0.3 is 10.4 Å². The number of rotatable bonds is 3. The van der Waals surface area contributed by atoms with Gasteiger partial charge in [-0.25, -0.2) is 0 Å². The van der Waals surface area contributed by atoms with E-state index in [0.29, 0.717) is 18.3 Å². The number of benzene rings is 1. The van der Waals surface area contributed by atoms with Crippen LogP contribution in [-0.4, -0.2) is 11.0 Å². The highest BCUT2D eigenvalue weighted by molar-refractivity contribution is 5.93. The SMILES string of the molecule is CC(C1CC1)C(O)c1ccc2c(c1)CCC(=O)N2. The third kappa shape index (κ3) is 2.15. The fraction of sp³-hybridized carbons (Fsp3) is 0.533. The lowest BCUT2D eigenvalue weighted by Crippen LogP contribution is -2.19. The van der Waals surface area contributed by atoms with Crippen LogP contribution in [0.3, 0.4) is 0 Å². The lowest BCUT2D eigenvalue weighted by molar-refractivity contribution is -0.116. The largest absolute Gasteiger partial charge is 0.388 e. The molecule has 1 aliphatic heterocycles. The Morgan fingerprint density at radius 2 is 2.11 bits per heavy atom. The molecule has 1 fully saturated rings. The molecule has 2 unspecified atom stereocenters. The van der Waals surface area contributed by atoms with E-state index in [-0.39, 0.29) is 12.0 Å². The first-order valence-electron chi connectivity index (χ1n) is 6.76. The molecule has 3 rings (SSSR count). The van der Waals surface area contributed by atoms with E-state index in [1.54, 1.807) is 0 Å². The van der Waals surface area contributed by atoms with Gasteiger partial charge in [-0.2, -0.15) is 0 Å². The standard InChI is InChI=1S/C15H19NO2/c1-9(10-2-3-10)15(18)12-4-6-13-11(8-12)5-7-14(17)16-13/h4,6,8-10,15,18H,2-3,5,7H2,1H3,(H,16,17). The molecule has 0 bridgehead atoms. The van der Waals surface area contributed by atoms with Crippen molar-refractivity contribution in [1.82, 2.24) is 0 Å². The molecule has 1 heterocycles. The Hall–Kier alpha value is -1.35. The molecule has 0 radical (unpaired) electrons. The summed E-state index contributed by atoms with van der Waals surface area (Å²) in [5.41, 5.74) is 3.04. The van der Waals surface area contributed by atoms with Crippen LogP contribution in [0.1, 0.15) is 43.4 Å². The predicted molar refractivity (Wildman–Crippen MR) is 70.2 cm³/mol. The van der Waals surface area contributed by atoms with Crippen LogP contribution in [0.25, 0.3) is 0 Å². The summed E-state index contributed by atoms with van der Waals surface area (Å²) in [6.45, 7) is 2.13. The van der Waals surface area contributed by atoms with Crippen molar-refractivity contribution in [2.24, 2.45) is 11.8 Å². The summed E-state index contributed by atoms with van der Waals surface area (Å²) >= 11 is 0. The van der Waals surface area contributed by atoms with E-state index >= 15 is 0 Å². The second kappa shape index (κ2) is 4.39. The van der Waals surface area contributed by atoms with Crippen molar-refractivity contribution < 1.29 is 9.90 Å². The third-order valence-electron chi connectivity index (χ3n) is 4.23. The Morgan fingerprint density at radius 1 is 1.33 bits per heavy atom. The van der Waals surface area contributed by atoms with E-state index in [4.69, 9.17) is 0 Å². The maximum Gasteiger partial charge on any atom is 0.224 e. The third-order valence-corrected chi connectivity index (χ3v) is 4.23. The van der Waals surface area contributed by atoms with Crippen LogP contribution in [0.5, 0.6) is 0 Å². The van der Waals surface area contributed by atoms with Crippen LogP contribution in [0, 0.1) is 11.8 Å². The molecular formula is C15H19NO2. The molecule has 2 atom stereocenters. The van der Waals surface area contributed by atoms with E-state index in [9.17, 15) is 9.90 Å². The number of carbonyl (C=O) groups is 1. The second-order valence-electron chi connectivity index (χ2n) is 5.61. The number of aliphatic hydroxyl groups is 1. The van der Waals surface area contributed by atoms with Gasteiger partial charge in [-0.3, -0.25) is 4.79 Å². The van der Waals surface area contributed by atoms with Crippen LogP contribution < -0.4 is 5.32 Å². The molecule has 1 amide bonds. The zero-order chi connectivity index (χ0) is 12.7. The van der Waals surface area contributed by atoms with Gasteiger partial charge in [0.1, 0.15) is 0 Å². The van der Waals surface area contributed by atoms with E-state index in [1.165, 1.54) is 12.8 Å². The average Bonchev–Trinajstić information content (AvgIpc) is 3.20. The molecule has 3 nitrogen and oxygen atoms in total. The van der Waals surface area contributed by atoms with Gasteiger partial charge in [0.2, 0.25) is 5.91 Å². The summed E-state index contributed by atoms with van der Waals surface area (Å²) in [6.07, 6.45) is 3.45. The topological polar surface area (TPSA) is 49.3 Å². The second-order valence-corrected chi connectivity index (χ2v) is 5.61. The molecule has 2 aliphatic rings. The van der Waals surface area contributed by atoms with Gasteiger partial charge in [-0.15, -0.1) is 0 Å². The van der Waals surface area contributed by atoms with Crippen molar-refractivity contribution >= 4 is 11.6 Å². The van der Waals surface area contributed by atoms with Crippen LogP contribution in [0.15, 0.2) is 18.2 Å². The first-order chi connectivity index (χ1) is 8.65. The number of aryl methyl sites for hydroxylation is 1. The highest BCUT2D eigenvalue weighted by Crippen LogP contribution is 2.43. The van der Waals surface area contributed by atoms with Crippen molar-refractivity contribution in [3.63, 3.8) is 0 Å². The number of amides is 1. The smallest absolute Gasteiger partial charge is 0.224 e. The number of hydrogen-bond donors (Lipinski definition) is 2. The normalized spacial score (nSPS) is 22.0. The Labute approximate surface area is 107 Å². The van der Waals surface area contributed by atoms with Crippen LogP contribution in [0.2, 0.25) is 0 Å². The van der Waals surface area contributed by atoms with Gasteiger partial charge in [0.15, 0.2) is 0 Å². The predicted octanol–water partition coefficient (Wildman–Crippen LogP) is 2.65. The molecule has 3 heteroatoms. The summed E-state index contributed by atoms with van der Waals surface area (Å²) in [4.78, 5) is 11.3. The van der Waals surface area contributed by atoms with E-state index in [1.807, 2.05) is 12.1 Å². The van der Waals surface area contributed by atoms with Gasteiger partial charge in [0.25, 0.3) is 0 Å². The zero-order valence-electron chi connectivity index (χ0n) is 10.6. The van der Waals surface area contributed by atoms with Crippen molar-refractivity contribution in [3.05, 3.63) is 29.3 Å². The molecule has 0 spiro atoms. The molecule has 1 aliphatic carbocycles. The van der Waals surface area contributed by atoms with Crippen LogP contribution >= 0.6 is 0 Å². The van der Waals surface area contributed by atoms with Gasteiger partial charge >= 0.3 is 0 Å². The quantitative estimate of drug-likeness (QED) is 0.860. The Balaban J connectivity index is 1.83. The summed E-state index contributed by atoms with van der Waals surface area (Å²) in [6, 6.07) is 5.91. The Kier molecular flexibility index (Phi) is 2.86. The number of hydrogen-bond acceptors (Lipinski definition) is 2. The van der Waals surface area contributed by atoms with E-state index in [2.05, 4.69) is 18.3 Å². The molecule has 1 aromatic carbocycles. The van der Waals surface area contributed by atoms with Gasteiger partial charge in [0.05, 0.1) is 6.10 Å². The number of nitrogens with one attached hydrogen (secondary N) is 1. The molecule has 2 N–H and O–H groups in total. The Morgan fingerprint density at radius 3 is 2.83 bits per heavy atom. The molecule has 0 aromatic heterocycles. The maximum absolute atomic E-state index is 11.3. The summed E-state index contributed by atoms with van der Waals surface area (Å²) in [5.74, 6) is 1.11. The van der Waals surface area contributed by atoms with Crippen molar-refractivity contribution in [1.29, 1.82) is 0 Å². The molecule has 1 saturated carbocycles. The van der Waals surface area contributed by atoms with Crippen LogP contribution in [0.4, 0.5) is 5.69 Å². The maximum atomic E-state index is 11.3. The number of carbonyl (C=O) groups excluding carboxylic acids is 1. The Bertz CT molecular complexity index is 479. The van der Waals surface area contributed by atoms with Crippen LogP contribution in [-0.2, 0) is 11.2 Å². The first kappa shape index (κ1) is 11.7. The van der Waals surface area contributed by atoms with Crippen molar-refractivity contribution in [2.45, 2.75) is 38.7 Å². The average molecular weight is 245 g/mol. The lowest BCUT2D eigenvalue weighted by Gasteiger charge is -2.22. The minimum absolute atomic E-state index is 0.0853. The number of fused-ring (bicyclic) bond motifs is 1. The van der Waals surface area contributed by atoms with Crippen molar-refractivity contribution in [3.8, 4) is 0 Å². The zero-order valence-corrected chi connectivity index (χ0v) is 10.6. The van der Waals surface area contributed by atoms with Gasteiger partial charge in [0, 0.05) is 12.1 Å². The monoisotopic (exact) mass is 245 g/mol. The summed E-state index contributed by atoms with van der Waals surface area (Å²) in [7, 11) is 0. The van der Waals surface area contributed by atoms with Gasteiger partial charge in [-0.1, -0.05) is 19.1 Å². The molecular weight excluding hydrogens is 226 g/mol. The lowest BCUT2D eigenvalue weighted by atomic mass is 9.90. The fourth-order valence-electron chi connectivity index (χ4n) is 2.77. The van der Waals surface area contributed by atoms with Crippen molar-refractivity contribution in [2.75, 3.05) is 5.32 Å². The number of aliphatic hydroxyl groups excluding tert-OH is 1. The fourth-order valence-corrected chi connectivity index (χ4v) is 2.77. The summed E-state index contributed by atoms with van der Waals surface area (Å²) < 4.78 is 0. The van der Waals surface area contributed by atoms with Gasteiger partial charge in [-0.05, 0) is 48.3 Å². The van der Waals surface area contributed by atoms with E-state index in [0.717, 1.165) is 23.2 Å². The number of anilines is 1. The highest BCUT2D eigenvalue weighted by Gasteiger charge is 2.33. The molecule has 1 aromatic rings. The van der Waals surface area contributed by atoms with E-state index < -0.39 is 0 Å². The minimum atomic E-state index is -0.375. The first-order valence-corrected chi connectivity index (χ1v) is 6.76. The highest BCUT2D eigenvalue weighted by atomic mass is 16.3. The molecule has 18 heavy (non-hydrogen) atoms. The molecule has 96 valence electrons. The minimum Gasteiger partial charge on any atom is -0.388 e.